The summed E-state index contributed by atoms with van der Waals surface area (Å²) in [5.41, 5.74) is 1.47. The fraction of sp³-hybridized carbons (Fsp3) is 0.200. The zero-order chi connectivity index (χ0) is 20.1. The second-order valence-electron chi connectivity index (χ2n) is 6.25. The lowest BCUT2D eigenvalue weighted by Crippen LogP contribution is -2.42. The molecule has 0 radical (unpaired) electrons. The van der Waals surface area contributed by atoms with Gasteiger partial charge in [0.1, 0.15) is 6.54 Å². The van der Waals surface area contributed by atoms with Crippen molar-refractivity contribution in [2.75, 3.05) is 19.6 Å². The van der Waals surface area contributed by atoms with Gasteiger partial charge in [-0.1, -0.05) is 46.3 Å². The average molecular weight is 444 g/mol. The van der Waals surface area contributed by atoms with Crippen LogP contribution in [0.15, 0.2) is 53.0 Å². The fourth-order valence-electron chi connectivity index (χ4n) is 2.85. The summed E-state index contributed by atoms with van der Waals surface area (Å²) in [5.74, 6) is -1.59. The zero-order valence-electron chi connectivity index (χ0n) is 14.9. The lowest BCUT2D eigenvalue weighted by Gasteiger charge is -2.13. The molecule has 0 bridgehead atoms. The van der Waals surface area contributed by atoms with Crippen LogP contribution < -0.4 is 10.6 Å². The van der Waals surface area contributed by atoms with E-state index in [1.54, 1.807) is 18.2 Å². The maximum absolute atomic E-state index is 12.3. The van der Waals surface area contributed by atoms with Crippen LogP contribution >= 0.6 is 15.9 Å². The van der Waals surface area contributed by atoms with Crippen molar-refractivity contribution >= 4 is 39.6 Å². The van der Waals surface area contributed by atoms with Crippen molar-refractivity contribution < 1.29 is 19.2 Å². The Bertz CT molecular complexity index is 930. The van der Waals surface area contributed by atoms with E-state index in [0.717, 1.165) is 10.5 Å². The first-order valence-electron chi connectivity index (χ1n) is 8.69. The Morgan fingerprint density at radius 1 is 0.857 bits per heavy atom. The van der Waals surface area contributed by atoms with Crippen molar-refractivity contribution in [3.8, 4) is 0 Å². The van der Waals surface area contributed by atoms with Gasteiger partial charge in [0.2, 0.25) is 11.8 Å². The number of rotatable bonds is 7. The van der Waals surface area contributed by atoms with E-state index >= 15 is 0 Å². The quantitative estimate of drug-likeness (QED) is 0.500. The van der Waals surface area contributed by atoms with Crippen LogP contribution in [0.2, 0.25) is 0 Å². The second kappa shape index (κ2) is 8.79. The molecule has 2 aromatic rings. The average Bonchev–Trinajstić information content (AvgIpc) is 2.90. The van der Waals surface area contributed by atoms with Crippen LogP contribution in [0, 0.1) is 0 Å². The maximum Gasteiger partial charge on any atom is 0.262 e. The molecule has 28 heavy (non-hydrogen) atoms. The third kappa shape index (κ3) is 4.64. The first-order chi connectivity index (χ1) is 13.5. The second-order valence-corrected chi connectivity index (χ2v) is 7.16. The Morgan fingerprint density at radius 2 is 1.50 bits per heavy atom. The highest BCUT2D eigenvalue weighted by Crippen LogP contribution is 2.25. The van der Waals surface area contributed by atoms with Crippen molar-refractivity contribution in [1.82, 2.24) is 15.5 Å². The van der Waals surface area contributed by atoms with E-state index < -0.39 is 17.7 Å². The number of carbonyl (C=O) groups is 4. The summed E-state index contributed by atoms with van der Waals surface area (Å²) < 4.78 is 0.685. The van der Waals surface area contributed by atoms with Gasteiger partial charge >= 0.3 is 0 Å². The molecule has 0 aliphatic carbocycles. The molecule has 0 saturated heterocycles. The number of halogens is 1. The summed E-state index contributed by atoms with van der Waals surface area (Å²) in [5, 5.41) is 5.31. The Balaban J connectivity index is 1.42. The minimum absolute atomic E-state index is 0.147. The monoisotopic (exact) mass is 443 g/mol. The van der Waals surface area contributed by atoms with Crippen LogP contribution in [0.25, 0.3) is 0 Å². The van der Waals surface area contributed by atoms with Crippen molar-refractivity contribution in [1.29, 1.82) is 0 Å². The number of nitrogens with zero attached hydrogens (tertiary/aromatic N) is 1. The van der Waals surface area contributed by atoms with Gasteiger partial charge in [-0.25, -0.2) is 0 Å². The Hall–Kier alpha value is -3.00. The minimum atomic E-state index is -0.493. The fourth-order valence-corrected chi connectivity index (χ4v) is 3.21. The zero-order valence-corrected chi connectivity index (χ0v) is 16.5. The molecule has 1 heterocycles. The largest absolute Gasteiger partial charge is 0.354 e. The van der Waals surface area contributed by atoms with Gasteiger partial charge in [0.25, 0.3) is 11.8 Å². The van der Waals surface area contributed by atoms with E-state index in [2.05, 4.69) is 26.6 Å². The maximum atomic E-state index is 12.3. The topological polar surface area (TPSA) is 95.6 Å². The first kappa shape index (κ1) is 19.8. The van der Waals surface area contributed by atoms with E-state index in [1.165, 1.54) is 0 Å². The molecule has 144 valence electrons. The molecule has 7 nitrogen and oxygen atoms in total. The Labute approximate surface area is 170 Å². The van der Waals surface area contributed by atoms with Crippen LogP contribution in [-0.4, -0.2) is 48.2 Å². The van der Waals surface area contributed by atoms with Gasteiger partial charge in [-0.3, -0.25) is 24.1 Å². The first-order valence-corrected chi connectivity index (χ1v) is 9.48. The molecule has 4 amide bonds. The molecule has 1 aliphatic heterocycles. The highest BCUT2D eigenvalue weighted by Gasteiger charge is 2.36. The number of fused-ring (bicyclic) bond motifs is 1. The van der Waals surface area contributed by atoms with Gasteiger partial charge < -0.3 is 10.6 Å². The molecule has 1 aliphatic rings. The van der Waals surface area contributed by atoms with Gasteiger partial charge in [0, 0.05) is 17.6 Å². The van der Waals surface area contributed by atoms with Crippen LogP contribution in [0.1, 0.15) is 26.3 Å². The van der Waals surface area contributed by atoms with Crippen molar-refractivity contribution in [2.24, 2.45) is 0 Å². The van der Waals surface area contributed by atoms with Crippen LogP contribution in [0.5, 0.6) is 0 Å². The van der Waals surface area contributed by atoms with Gasteiger partial charge in [-0.05, 0) is 23.8 Å². The lowest BCUT2D eigenvalue weighted by molar-refractivity contribution is -0.122. The number of amides is 4. The molecular weight excluding hydrogens is 426 g/mol. The van der Waals surface area contributed by atoms with Crippen molar-refractivity contribution in [3.05, 3.63) is 69.7 Å². The molecule has 0 spiro atoms. The van der Waals surface area contributed by atoms with E-state index in [4.69, 9.17) is 0 Å². The third-order valence-corrected chi connectivity index (χ3v) is 4.70. The minimum Gasteiger partial charge on any atom is -0.354 e. The predicted octanol–water partition coefficient (Wildman–Crippen LogP) is 1.52. The summed E-state index contributed by atoms with van der Waals surface area (Å²) in [4.78, 5) is 49.5. The molecule has 0 saturated carbocycles. The Morgan fingerprint density at radius 3 is 2.21 bits per heavy atom. The molecule has 8 heteroatoms. The van der Waals surface area contributed by atoms with Gasteiger partial charge in [-0.15, -0.1) is 0 Å². The molecule has 3 rings (SSSR count). The molecule has 2 aromatic carbocycles. The standard InChI is InChI=1S/C20H18BrN3O4/c21-14-6-7-15-16(11-14)20(28)24(19(15)27)12-18(26)23-9-8-22-17(25)10-13-4-2-1-3-5-13/h1-7,11H,8-10,12H2,(H,22,25)(H,23,26). The summed E-state index contributed by atoms with van der Waals surface area (Å²) in [6.45, 7) is 0.0997. The third-order valence-electron chi connectivity index (χ3n) is 4.21. The van der Waals surface area contributed by atoms with E-state index in [9.17, 15) is 19.2 Å². The van der Waals surface area contributed by atoms with Gasteiger partial charge in [0.05, 0.1) is 17.5 Å². The predicted molar refractivity (Wildman–Crippen MR) is 106 cm³/mol. The summed E-state index contributed by atoms with van der Waals surface area (Å²) in [6.07, 6.45) is 0.263. The summed E-state index contributed by atoms with van der Waals surface area (Å²) in [7, 11) is 0. The number of hydrogen-bond donors (Lipinski definition) is 2. The summed E-state index contributed by atoms with van der Waals surface area (Å²) in [6, 6.07) is 14.1. The van der Waals surface area contributed by atoms with Crippen molar-refractivity contribution in [2.45, 2.75) is 6.42 Å². The van der Waals surface area contributed by atoms with E-state index in [-0.39, 0.29) is 43.1 Å². The highest BCUT2D eigenvalue weighted by molar-refractivity contribution is 9.10. The molecule has 2 N–H and O–H groups in total. The molecular formula is C20H18BrN3O4. The Kier molecular flexibility index (Phi) is 6.20. The number of imide groups is 1. The van der Waals surface area contributed by atoms with Gasteiger partial charge in [0.15, 0.2) is 0 Å². The number of benzene rings is 2. The van der Waals surface area contributed by atoms with E-state index in [1.807, 2.05) is 30.3 Å². The van der Waals surface area contributed by atoms with Crippen molar-refractivity contribution in [3.63, 3.8) is 0 Å². The lowest BCUT2D eigenvalue weighted by atomic mass is 10.1. The molecule has 0 aromatic heterocycles. The molecule has 0 atom stereocenters. The number of carbonyl (C=O) groups excluding carboxylic acids is 4. The normalized spacial score (nSPS) is 12.7. The summed E-state index contributed by atoms with van der Waals surface area (Å²) >= 11 is 3.26. The van der Waals surface area contributed by atoms with Gasteiger partial charge in [-0.2, -0.15) is 0 Å². The van der Waals surface area contributed by atoms with Crippen LogP contribution in [-0.2, 0) is 16.0 Å². The van der Waals surface area contributed by atoms with Crippen LogP contribution in [0.4, 0.5) is 0 Å². The van der Waals surface area contributed by atoms with Crippen LogP contribution in [0.3, 0.4) is 0 Å². The molecule has 0 unspecified atom stereocenters. The number of nitrogens with one attached hydrogen (secondary N) is 2. The highest BCUT2D eigenvalue weighted by atomic mass is 79.9. The smallest absolute Gasteiger partial charge is 0.262 e. The molecule has 0 fully saturated rings. The van der Waals surface area contributed by atoms with E-state index in [0.29, 0.717) is 4.47 Å². The SMILES string of the molecule is O=C(Cc1ccccc1)NCCNC(=O)CN1C(=O)c2ccc(Br)cc2C1=O. The number of hydrogen-bond acceptors (Lipinski definition) is 4.